The van der Waals surface area contributed by atoms with Crippen LogP contribution in [0.15, 0.2) is 12.3 Å². The van der Waals surface area contributed by atoms with Gasteiger partial charge in [-0.15, -0.1) is 0 Å². The molecule has 6 nitrogen and oxygen atoms in total. The Hall–Kier alpha value is -1.69. The summed E-state index contributed by atoms with van der Waals surface area (Å²) in [6, 6.07) is 1.34. The summed E-state index contributed by atoms with van der Waals surface area (Å²) < 4.78 is 4.90. The highest BCUT2D eigenvalue weighted by molar-refractivity contribution is 6.29. The molecule has 1 heterocycles. The number of hydrogen-bond donors (Lipinski definition) is 0. The molecular weight excluding hydrogens is 260 g/mol. The number of nitro groups is 1. The number of halogens is 1. The number of aromatic nitrogens is 1. The minimum absolute atomic E-state index is 0.110. The molecule has 1 aromatic heterocycles. The number of pyridine rings is 1. The lowest BCUT2D eigenvalue weighted by Crippen LogP contribution is -2.16. The quantitative estimate of drug-likeness (QED) is 0.356. The van der Waals surface area contributed by atoms with Crippen LogP contribution in [0.2, 0.25) is 5.15 Å². The van der Waals surface area contributed by atoms with E-state index in [0.717, 1.165) is 6.20 Å². The monoisotopic (exact) mass is 272 g/mol. The molecule has 0 aromatic carbocycles. The summed E-state index contributed by atoms with van der Waals surface area (Å²) in [4.78, 5) is 25.7. The van der Waals surface area contributed by atoms with Crippen LogP contribution < -0.4 is 0 Å². The molecule has 1 atom stereocenters. The average molecular weight is 273 g/mol. The normalized spacial score (nSPS) is 11.9. The Bertz CT molecular complexity index is 464. The summed E-state index contributed by atoms with van der Waals surface area (Å²) >= 11 is 5.72. The Labute approximate surface area is 109 Å². The topological polar surface area (TPSA) is 82.3 Å². The van der Waals surface area contributed by atoms with E-state index in [2.05, 4.69) is 4.98 Å². The van der Waals surface area contributed by atoms with E-state index in [1.807, 2.05) is 0 Å². The third-order valence-corrected chi connectivity index (χ3v) is 2.64. The van der Waals surface area contributed by atoms with Gasteiger partial charge in [-0.3, -0.25) is 14.9 Å². The van der Waals surface area contributed by atoms with Crippen LogP contribution in [0.1, 0.15) is 31.7 Å². The van der Waals surface area contributed by atoms with E-state index in [9.17, 15) is 14.9 Å². The standard InChI is InChI=1S/C11H13ClN2O4/c1-3-7(11(15)18-4-2)8-5-10(12)13-6-9(8)14(16)17/h5-7H,3-4H2,1-2H3. The van der Waals surface area contributed by atoms with Gasteiger partial charge in [0.2, 0.25) is 0 Å². The Balaban J connectivity index is 3.22. The summed E-state index contributed by atoms with van der Waals surface area (Å²) in [6.45, 7) is 3.65. The van der Waals surface area contributed by atoms with Gasteiger partial charge in [-0.1, -0.05) is 18.5 Å². The molecule has 0 saturated carbocycles. The first-order chi connectivity index (χ1) is 8.51. The molecule has 0 N–H and O–H groups in total. The van der Waals surface area contributed by atoms with Gasteiger partial charge >= 0.3 is 5.97 Å². The van der Waals surface area contributed by atoms with Crippen LogP contribution in [-0.2, 0) is 9.53 Å². The van der Waals surface area contributed by atoms with Gasteiger partial charge in [0.05, 0.1) is 17.4 Å². The molecule has 0 aliphatic rings. The van der Waals surface area contributed by atoms with Crippen molar-refractivity contribution in [1.29, 1.82) is 0 Å². The molecule has 7 heteroatoms. The first kappa shape index (κ1) is 14.4. The van der Waals surface area contributed by atoms with Crippen molar-refractivity contribution >= 4 is 23.3 Å². The lowest BCUT2D eigenvalue weighted by molar-refractivity contribution is -0.386. The van der Waals surface area contributed by atoms with Crippen molar-refractivity contribution in [3.63, 3.8) is 0 Å². The van der Waals surface area contributed by atoms with E-state index in [-0.39, 0.29) is 23.0 Å². The van der Waals surface area contributed by atoms with Crippen LogP contribution in [0.25, 0.3) is 0 Å². The zero-order chi connectivity index (χ0) is 13.7. The number of carbonyl (C=O) groups excluding carboxylic acids is 1. The summed E-state index contributed by atoms with van der Waals surface area (Å²) in [5.41, 5.74) is 0.0141. The number of nitrogens with zero attached hydrogens (tertiary/aromatic N) is 2. The van der Waals surface area contributed by atoms with E-state index < -0.39 is 16.8 Å². The summed E-state index contributed by atoms with van der Waals surface area (Å²) in [7, 11) is 0. The third-order valence-electron chi connectivity index (χ3n) is 2.43. The highest BCUT2D eigenvalue weighted by Crippen LogP contribution is 2.31. The summed E-state index contributed by atoms with van der Waals surface area (Å²) in [5, 5.41) is 11.0. The van der Waals surface area contributed by atoms with E-state index in [0.29, 0.717) is 6.42 Å². The molecule has 1 unspecified atom stereocenters. The second-order valence-electron chi connectivity index (χ2n) is 3.54. The highest BCUT2D eigenvalue weighted by atomic mass is 35.5. The van der Waals surface area contributed by atoms with Crippen molar-refractivity contribution in [3.8, 4) is 0 Å². The molecule has 0 bridgehead atoms. The van der Waals surface area contributed by atoms with Gasteiger partial charge in [0.15, 0.2) is 0 Å². The summed E-state index contributed by atoms with van der Waals surface area (Å²) in [5.74, 6) is -1.20. The second kappa shape index (κ2) is 6.30. The SMILES string of the molecule is CCOC(=O)C(CC)c1cc(Cl)ncc1[N+](=O)[O-]. The number of carbonyl (C=O) groups is 1. The molecule has 0 amide bonds. The first-order valence-electron chi connectivity index (χ1n) is 5.47. The van der Waals surface area contributed by atoms with E-state index >= 15 is 0 Å². The van der Waals surface area contributed by atoms with Crippen molar-refractivity contribution < 1.29 is 14.5 Å². The van der Waals surface area contributed by atoms with Gasteiger partial charge in [0.1, 0.15) is 11.3 Å². The zero-order valence-corrected chi connectivity index (χ0v) is 10.8. The predicted molar refractivity (Wildman–Crippen MR) is 65.6 cm³/mol. The number of esters is 1. The van der Waals surface area contributed by atoms with Gasteiger partial charge < -0.3 is 4.74 Å². The maximum absolute atomic E-state index is 11.8. The van der Waals surface area contributed by atoms with E-state index in [1.165, 1.54) is 6.07 Å². The molecule has 0 aliphatic heterocycles. The van der Waals surface area contributed by atoms with Crippen molar-refractivity contribution in [1.82, 2.24) is 4.98 Å². The molecule has 98 valence electrons. The minimum Gasteiger partial charge on any atom is -0.466 e. The van der Waals surface area contributed by atoms with Crippen molar-refractivity contribution in [2.75, 3.05) is 6.61 Å². The molecule has 0 saturated heterocycles. The van der Waals surface area contributed by atoms with Crippen LogP contribution in [0.4, 0.5) is 5.69 Å². The molecule has 0 aliphatic carbocycles. The zero-order valence-electron chi connectivity index (χ0n) is 10.1. The van der Waals surface area contributed by atoms with E-state index in [4.69, 9.17) is 16.3 Å². The lowest BCUT2D eigenvalue weighted by Gasteiger charge is -2.13. The van der Waals surface area contributed by atoms with Crippen LogP contribution >= 0.6 is 11.6 Å². The minimum atomic E-state index is -0.703. The number of rotatable bonds is 5. The van der Waals surface area contributed by atoms with Gasteiger partial charge in [0.25, 0.3) is 5.69 Å². The Morgan fingerprint density at radius 3 is 2.78 bits per heavy atom. The lowest BCUT2D eigenvalue weighted by atomic mass is 9.96. The van der Waals surface area contributed by atoms with Crippen LogP contribution in [0, 0.1) is 10.1 Å². The summed E-state index contributed by atoms with van der Waals surface area (Å²) in [6.07, 6.45) is 1.44. The molecule has 0 fully saturated rings. The van der Waals surface area contributed by atoms with Gasteiger partial charge in [0, 0.05) is 5.56 Å². The maximum Gasteiger partial charge on any atom is 0.313 e. The largest absolute Gasteiger partial charge is 0.466 e. The van der Waals surface area contributed by atoms with E-state index in [1.54, 1.807) is 13.8 Å². The number of ether oxygens (including phenoxy) is 1. The molecule has 0 radical (unpaired) electrons. The molecule has 0 spiro atoms. The Morgan fingerprint density at radius 2 is 2.28 bits per heavy atom. The van der Waals surface area contributed by atoms with Crippen LogP contribution in [0.5, 0.6) is 0 Å². The first-order valence-corrected chi connectivity index (χ1v) is 5.85. The fraction of sp³-hybridized carbons (Fsp3) is 0.455. The maximum atomic E-state index is 11.8. The predicted octanol–water partition coefficient (Wildman–Crippen LogP) is 2.70. The molecule has 1 rings (SSSR count). The van der Waals surface area contributed by atoms with Gasteiger partial charge in [-0.2, -0.15) is 0 Å². The average Bonchev–Trinajstić information content (AvgIpc) is 2.30. The van der Waals surface area contributed by atoms with Crippen LogP contribution in [0.3, 0.4) is 0 Å². The Kier molecular flexibility index (Phi) is 5.03. The molecular formula is C11H13ClN2O4. The Morgan fingerprint density at radius 1 is 1.61 bits per heavy atom. The molecule has 1 aromatic rings. The van der Waals surface area contributed by atoms with Crippen LogP contribution in [-0.4, -0.2) is 22.5 Å². The second-order valence-corrected chi connectivity index (χ2v) is 3.92. The van der Waals surface area contributed by atoms with Gasteiger partial charge in [-0.05, 0) is 19.4 Å². The van der Waals surface area contributed by atoms with Gasteiger partial charge in [-0.25, -0.2) is 4.98 Å². The fourth-order valence-electron chi connectivity index (χ4n) is 1.62. The number of hydrogen-bond acceptors (Lipinski definition) is 5. The smallest absolute Gasteiger partial charge is 0.313 e. The molecule has 18 heavy (non-hydrogen) atoms. The highest BCUT2D eigenvalue weighted by Gasteiger charge is 2.28. The van der Waals surface area contributed by atoms with Crippen molar-refractivity contribution in [3.05, 3.63) is 33.1 Å². The third kappa shape index (κ3) is 3.16. The van der Waals surface area contributed by atoms with Crippen molar-refractivity contribution in [2.24, 2.45) is 0 Å². The van der Waals surface area contributed by atoms with Crippen molar-refractivity contribution in [2.45, 2.75) is 26.2 Å². The fourth-order valence-corrected chi connectivity index (χ4v) is 1.79.